The molecule has 0 aliphatic carbocycles. The summed E-state index contributed by atoms with van der Waals surface area (Å²) in [7, 11) is 2.02. The van der Waals surface area contributed by atoms with Gasteiger partial charge in [-0.15, -0.1) is 11.3 Å². The van der Waals surface area contributed by atoms with Gasteiger partial charge in [-0.3, -0.25) is 0 Å². The smallest absolute Gasteiger partial charge is 0.0669 e. The van der Waals surface area contributed by atoms with Crippen molar-refractivity contribution < 1.29 is 0 Å². The zero-order chi connectivity index (χ0) is 14.1. The van der Waals surface area contributed by atoms with E-state index in [1.54, 1.807) is 0 Å². The van der Waals surface area contributed by atoms with E-state index in [1.807, 2.05) is 18.4 Å². The van der Waals surface area contributed by atoms with E-state index in [2.05, 4.69) is 76.7 Å². The van der Waals surface area contributed by atoms with E-state index in [1.165, 1.54) is 30.6 Å². The lowest BCUT2D eigenvalue weighted by atomic mass is 10.0. The van der Waals surface area contributed by atoms with Crippen LogP contribution in [0.5, 0.6) is 0 Å². The van der Waals surface area contributed by atoms with Crippen LogP contribution in [0.3, 0.4) is 0 Å². The number of aryl methyl sites for hydroxylation is 1. The molecule has 1 nitrogen and oxygen atoms in total. The Morgan fingerprint density at radius 2 is 1.80 bits per heavy atom. The predicted octanol–water partition coefficient (Wildman–Crippen LogP) is 5.28. The number of halogens is 1. The quantitative estimate of drug-likeness (QED) is 0.680. The molecule has 3 heteroatoms. The first-order valence-corrected chi connectivity index (χ1v) is 8.22. The summed E-state index contributed by atoms with van der Waals surface area (Å²) in [6, 6.07) is 17.6. The normalized spacial score (nSPS) is 12.8. The van der Waals surface area contributed by atoms with E-state index in [0.717, 1.165) is 0 Å². The van der Waals surface area contributed by atoms with Crippen molar-refractivity contribution in [2.24, 2.45) is 0 Å². The molecule has 0 saturated heterocycles. The highest BCUT2D eigenvalue weighted by atomic mass is 79.9. The average Bonchev–Trinajstić information content (AvgIpc) is 2.79. The Kier molecular flexibility index (Phi) is 3.92. The lowest BCUT2D eigenvalue weighted by Crippen LogP contribution is -2.16. The minimum Gasteiger partial charge on any atom is -0.309 e. The second-order valence-corrected chi connectivity index (χ2v) is 7.02. The average molecular weight is 346 g/mol. The SMILES string of the molecule is CNC(c1ccc2ccccc2c1)c1cc(Br)c(C)s1. The minimum atomic E-state index is 0.245. The van der Waals surface area contributed by atoms with Crippen LogP contribution < -0.4 is 5.32 Å². The van der Waals surface area contributed by atoms with E-state index >= 15 is 0 Å². The molecule has 1 unspecified atom stereocenters. The fourth-order valence-corrected chi connectivity index (χ4v) is 4.18. The standard InChI is InChI=1S/C17H16BrNS/c1-11-15(18)10-16(20-11)17(19-2)14-8-7-12-5-3-4-6-13(12)9-14/h3-10,17,19H,1-2H3. The van der Waals surface area contributed by atoms with E-state index in [9.17, 15) is 0 Å². The summed E-state index contributed by atoms with van der Waals surface area (Å²) in [5, 5.41) is 6.01. The van der Waals surface area contributed by atoms with Gasteiger partial charge in [0.05, 0.1) is 6.04 Å². The highest BCUT2D eigenvalue weighted by Crippen LogP contribution is 2.34. The molecule has 0 spiro atoms. The van der Waals surface area contributed by atoms with Crippen molar-refractivity contribution in [3.63, 3.8) is 0 Å². The number of thiophene rings is 1. The molecule has 1 N–H and O–H groups in total. The van der Waals surface area contributed by atoms with Crippen LogP contribution in [0.25, 0.3) is 10.8 Å². The number of fused-ring (bicyclic) bond motifs is 1. The summed E-state index contributed by atoms with van der Waals surface area (Å²) < 4.78 is 1.19. The summed E-state index contributed by atoms with van der Waals surface area (Å²) in [6.45, 7) is 2.14. The van der Waals surface area contributed by atoms with Crippen molar-refractivity contribution in [2.75, 3.05) is 7.05 Å². The number of hydrogen-bond acceptors (Lipinski definition) is 2. The third-order valence-electron chi connectivity index (χ3n) is 3.56. The van der Waals surface area contributed by atoms with Crippen LogP contribution >= 0.6 is 27.3 Å². The van der Waals surface area contributed by atoms with Gasteiger partial charge in [0.25, 0.3) is 0 Å². The van der Waals surface area contributed by atoms with E-state index in [0.29, 0.717) is 0 Å². The lowest BCUT2D eigenvalue weighted by molar-refractivity contribution is 0.704. The fourth-order valence-electron chi connectivity index (χ4n) is 2.48. The summed E-state index contributed by atoms with van der Waals surface area (Å²) in [4.78, 5) is 2.66. The van der Waals surface area contributed by atoms with Crippen molar-refractivity contribution >= 4 is 38.0 Å². The minimum absolute atomic E-state index is 0.245. The molecule has 0 fully saturated rings. The van der Waals surface area contributed by atoms with E-state index < -0.39 is 0 Å². The Bertz CT molecular complexity index is 728. The van der Waals surface area contributed by atoms with Gasteiger partial charge in [-0.25, -0.2) is 0 Å². The van der Waals surface area contributed by atoms with Crippen LogP contribution in [-0.4, -0.2) is 7.05 Å². The van der Waals surface area contributed by atoms with Gasteiger partial charge in [-0.1, -0.05) is 36.4 Å². The van der Waals surface area contributed by atoms with Gasteiger partial charge in [0.1, 0.15) is 0 Å². The van der Waals surface area contributed by atoms with Crippen LogP contribution in [0.15, 0.2) is 53.0 Å². The Balaban J connectivity index is 2.06. The van der Waals surface area contributed by atoms with E-state index in [-0.39, 0.29) is 6.04 Å². The number of rotatable bonds is 3. The van der Waals surface area contributed by atoms with Crippen molar-refractivity contribution in [3.8, 4) is 0 Å². The molecule has 3 aromatic rings. The zero-order valence-electron chi connectivity index (χ0n) is 11.5. The maximum atomic E-state index is 3.61. The summed E-state index contributed by atoms with van der Waals surface area (Å²) >= 11 is 5.45. The van der Waals surface area contributed by atoms with Crippen LogP contribution in [0.1, 0.15) is 21.4 Å². The third-order valence-corrected chi connectivity index (χ3v) is 5.76. The third kappa shape index (κ3) is 2.53. The Morgan fingerprint density at radius 3 is 2.45 bits per heavy atom. The topological polar surface area (TPSA) is 12.0 Å². The summed E-state index contributed by atoms with van der Waals surface area (Å²) in [5.74, 6) is 0. The molecule has 0 aliphatic rings. The first kappa shape index (κ1) is 13.8. The van der Waals surface area contributed by atoms with Gasteiger partial charge < -0.3 is 5.32 Å². The predicted molar refractivity (Wildman–Crippen MR) is 91.6 cm³/mol. The zero-order valence-corrected chi connectivity index (χ0v) is 13.9. The van der Waals surface area contributed by atoms with Crippen LogP contribution in [0, 0.1) is 6.92 Å². The molecule has 0 saturated carbocycles. The molecule has 3 rings (SSSR count). The molecule has 102 valence electrons. The second-order valence-electron chi connectivity index (χ2n) is 4.88. The summed E-state index contributed by atoms with van der Waals surface area (Å²) in [5.41, 5.74) is 1.31. The largest absolute Gasteiger partial charge is 0.309 e. The van der Waals surface area contributed by atoms with Crippen molar-refractivity contribution in [3.05, 3.63) is 68.3 Å². The highest BCUT2D eigenvalue weighted by Gasteiger charge is 2.15. The Labute approximate surface area is 131 Å². The van der Waals surface area contributed by atoms with Crippen LogP contribution in [0.4, 0.5) is 0 Å². The fraction of sp³-hybridized carbons (Fsp3) is 0.176. The van der Waals surface area contributed by atoms with Crippen molar-refractivity contribution in [1.82, 2.24) is 5.32 Å². The van der Waals surface area contributed by atoms with Crippen LogP contribution in [0.2, 0.25) is 0 Å². The number of benzene rings is 2. The maximum absolute atomic E-state index is 3.61. The second kappa shape index (κ2) is 5.68. The van der Waals surface area contributed by atoms with Gasteiger partial charge in [0.15, 0.2) is 0 Å². The Hall–Kier alpha value is -1.16. The molecule has 0 bridgehead atoms. The monoisotopic (exact) mass is 345 g/mol. The molecular weight excluding hydrogens is 330 g/mol. The van der Waals surface area contributed by atoms with E-state index in [4.69, 9.17) is 0 Å². The molecule has 0 amide bonds. The van der Waals surface area contributed by atoms with Gasteiger partial charge in [-0.05, 0) is 58.4 Å². The van der Waals surface area contributed by atoms with Crippen molar-refractivity contribution in [1.29, 1.82) is 0 Å². The first-order chi connectivity index (χ1) is 9.69. The molecule has 0 radical (unpaired) electrons. The Morgan fingerprint density at radius 1 is 1.05 bits per heavy atom. The molecule has 20 heavy (non-hydrogen) atoms. The number of nitrogens with one attached hydrogen (secondary N) is 1. The molecule has 1 aromatic heterocycles. The molecule has 1 heterocycles. The lowest BCUT2D eigenvalue weighted by Gasteiger charge is -2.15. The van der Waals surface area contributed by atoms with Gasteiger partial charge in [0.2, 0.25) is 0 Å². The summed E-state index contributed by atoms with van der Waals surface area (Å²) in [6.07, 6.45) is 0. The maximum Gasteiger partial charge on any atom is 0.0669 e. The van der Waals surface area contributed by atoms with Gasteiger partial charge in [-0.2, -0.15) is 0 Å². The van der Waals surface area contributed by atoms with Crippen molar-refractivity contribution in [2.45, 2.75) is 13.0 Å². The molecular formula is C17H16BrNS. The van der Waals surface area contributed by atoms with Gasteiger partial charge in [0, 0.05) is 14.2 Å². The molecule has 0 aliphatic heterocycles. The van der Waals surface area contributed by atoms with Crippen LogP contribution in [-0.2, 0) is 0 Å². The molecule has 2 aromatic carbocycles. The number of hydrogen-bond donors (Lipinski definition) is 1. The highest BCUT2D eigenvalue weighted by molar-refractivity contribution is 9.10. The first-order valence-electron chi connectivity index (χ1n) is 6.61. The van der Waals surface area contributed by atoms with Gasteiger partial charge >= 0.3 is 0 Å². The molecule has 1 atom stereocenters.